The Kier molecular flexibility index (Phi) is 8.76. The second-order valence-corrected chi connectivity index (χ2v) is 9.65. The zero-order valence-corrected chi connectivity index (χ0v) is 22.6. The van der Waals surface area contributed by atoms with Gasteiger partial charge in [0.1, 0.15) is 0 Å². The number of hydrogen-bond acceptors (Lipinski definition) is 5. The molecule has 3 N–H and O–H groups in total. The van der Waals surface area contributed by atoms with Crippen LogP contribution in [0.15, 0.2) is 69.3 Å². The van der Waals surface area contributed by atoms with Gasteiger partial charge in [-0.2, -0.15) is 13.2 Å². The van der Waals surface area contributed by atoms with E-state index in [9.17, 15) is 18.0 Å². The molecule has 2 aliphatic heterocycles. The summed E-state index contributed by atoms with van der Waals surface area (Å²) in [6.45, 7) is 7.17. The zero-order chi connectivity index (χ0) is 28.2. The predicted molar refractivity (Wildman–Crippen MR) is 150 cm³/mol. The quantitative estimate of drug-likeness (QED) is 0.347. The van der Waals surface area contributed by atoms with Crippen LogP contribution in [0.2, 0.25) is 5.02 Å². The van der Waals surface area contributed by atoms with Gasteiger partial charge in [0.15, 0.2) is 0 Å². The van der Waals surface area contributed by atoms with E-state index in [1.54, 1.807) is 12.1 Å². The van der Waals surface area contributed by atoms with E-state index in [-0.39, 0.29) is 5.69 Å². The molecule has 2 heterocycles. The van der Waals surface area contributed by atoms with Gasteiger partial charge in [-0.25, -0.2) is 14.8 Å². The van der Waals surface area contributed by atoms with E-state index in [4.69, 9.17) is 26.3 Å². The van der Waals surface area contributed by atoms with Crippen LogP contribution in [0.4, 0.5) is 35.0 Å². The van der Waals surface area contributed by atoms with Gasteiger partial charge in [-0.3, -0.25) is 0 Å². The maximum Gasteiger partial charge on any atom is 0.417 e. The average Bonchev–Trinajstić information content (AvgIpc) is 3.04. The van der Waals surface area contributed by atoms with Crippen LogP contribution in [0.1, 0.15) is 44.2 Å². The number of carbonyl (C=O) groups is 1. The molecule has 2 aromatic rings. The van der Waals surface area contributed by atoms with Crippen LogP contribution in [-0.4, -0.2) is 30.9 Å². The molecule has 11 heteroatoms. The van der Waals surface area contributed by atoms with Crippen molar-refractivity contribution in [2.24, 2.45) is 9.98 Å². The Hall–Kier alpha value is -3.63. The zero-order valence-electron chi connectivity index (χ0n) is 21.8. The highest BCUT2D eigenvalue weighted by Gasteiger charge is 2.33. The molecule has 0 spiro atoms. The molecule has 0 saturated heterocycles. The van der Waals surface area contributed by atoms with Crippen molar-refractivity contribution in [3.63, 3.8) is 0 Å². The summed E-state index contributed by atoms with van der Waals surface area (Å²) in [5.41, 5.74) is 5.12. The van der Waals surface area contributed by atoms with Crippen molar-refractivity contribution in [1.82, 2.24) is 0 Å². The van der Waals surface area contributed by atoms with Crippen LogP contribution in [-0.2, 0) is 10.9 Å². The average molecular weight is 560 g/mol. The summed E-state index contributed by atoms with van der Waals surface area (Å²) >= 11 is 5.66. The van der Waals surface area contributed by atoms with Crippen LogP contribution in [0, 0.1) is 6.92 Å². The fraction of sp³-hybridized carbons (Fsp3) is 0.321. The van der Waals surface area contributed by atoms with Gasteiger partial charge in [-0.05, 0) is 73.7 Å². The molecule has 0 aliphatic carbocycles. The first-order valence-electron chi connectivity index (χ1n) is 12.5. The molecule has 0 fully saturated rings. The highest BCUT2D eigenvalue weighted by Crippen LogP contribution is 2.36. The Morgan fingerprint density at radius 2 is 1.79 bits per heavy atom. The number of benzene rings is 2. The Morgan fingerprint density at radius 3 is 2.46 bits per heavy atom. The third kappa shape index (κ3) is 7.27. The summed E-state index contributed by atoms with van der Waals surface area (Å²) in [6.07, 6.45) is -0.231. The van der Waals surface area contributed by atoms with Crippen molar-refractivity contribution < 1.29 is 22.7 Å². The number of halogens is 4. The van der Waals surface area contributed by atoms with Crippen molar-refractivity contribution in [3.05, 3.63) is 75.5 Å². The second kappa shape index (κ2) is 12.0. The van der Waals surface area contributed by atoms with Crippen LogP contribution in [0.25, 0.3) is 0 Å². The number of ether oxygens (including phenoxy) is 1. The Bertz CT molecular complexity index is 1400. The number of guanidine groups is 1. The monoisotopic (exact) mass is 559 g/mol. The molecule has 2 aromatic carbocycles. The van der Waals surface area contributed by atoms with Crippen molar-refractivity contribution in [2.75, 3.05) is 29.2 Å². The number of anilines is 3. The molecule has 206 valence electrons. The summed E-state index contributed by atoms with van der Waals surface area (Å²) in [6, 6.07) is 7.70. The van der Waals surface area contributed by atoms with Crippen LogP contribution in [0.3, 0.4) is 0 Å². The van der Waals surface area contributed by atoms with E-state index >= 15 is 0 Å². The second-order valence-electron chi connectivity index (χ2n) is 9.25. The Balaban J connectivity index is 1.54. The highest BCUT2D eigenvalue weighted by atomic mass is 35.5. The maximum atomic E-state index is 13.2. The number of rotatable bonds is 5. The van der Waals surface area contributed by atoms with Gasteiger partial charge in [0.2, 0.25) is 5.96 Å². The smallest absolute Gasteiger partial charge is 0.377 e. The van der Waals surface area contributed by atoms with Gasteiger partial charge < -0.3 is 20.7 Å². The van der Waals surface area contributed by atoms with Gasteiger partial charge in [0.25, 0.3) is 0 Å². The minimum Gasteiger partial charge on any atom is -0.377 e. The summed E-state index contributed by atoms with van der Waals surface area (Å²) in [5, 5.41) is 7.91. The fourth-order valence-corrected chi connectivity index (χ4v) is 4.51. The summed E-state index contributed by atoms with van der Waals surface area (Å²) in [4.78, 5) is 22.1. The molecule has 0 atom stereocenters. The number of nitrogens with zero attached hydrogens (tertiary/aromatic N) is 2. The number of aryl methyl sites for hydroxylation is 1. The topological polar surface area (TPSA) is 87.1 Å². The maximum absolute atomic E-state index is 13.2. The van der Waals surface area contributed by atoms with Crippen LogP contribution < -0.4 is 16.0 Å². The van der Waals surface area contributed by atoms with E-state index < -0.39 is 22.8 Å². The lowest BCUT2D eigenvalue weighted by Crippen LogP contribution is -2.20. The third-order valence-corrected chi connectivity index (χ3v) is 6.61. The lowest BCUT2D eigenvalue weighted by Gasteiger charge is -2.17. The number of urea groups is 1. The largest absolute Gasteiger partial charge is 0.417 e. The van der Waals surface area contributed by atoms with E-state index in [1.807, 2.05) is 19.9 Å². The molecule has 0 bridgehead atoms. The first-order chi connectivity index (χ1) is 18.5. The molecule has 4 rings (SSSR count). The molecule has 2 amide bonds. The molecule has 0 saturated carbocycles. The number of amides is 2. The molecule has 0 aromatic heterocycles. The molecule has 39 heavy (non-hydrogen) atoms. The minimum atomic E-state index is -4.64. The first-order valence-corrected chi connectivity index (χ1v) is 12.9. The molecule has 2 aliphatic rings. The van der Waals surface area contributed by atoms with Crippen molar-refractivity contribution in [3.8, 4) is 0 Å². The van der Waals surface area contributed by atoms with E-state index in [1.165, 1.54) is 11.6 Å². The van der Waals surface area contributed by atoms with Crippen molar-refractivity contribution in [2.45, 2.75) is 46.2 Å². The normalized spacial score (nSPS) is 16.1. The number of alkyl halides is 3. The summed E-state index contributed by atoms with van der Waals surface area (Å²) < 4.78 is 44.9. The van der Waals surface area contributed by atoms with Crippen LogP contribution in [0.5, 0.6) is 0 Å². The number of nitrogens with one attached hydrogen (secondary N) is 3. The Labute approximate surface area is 229 Å². The standard InChI is InChI=1S/C28H29ClF3N5O2/c1-4-18-13-17(3)33-26(37-25(18)19-9-11-39-12-10-19)36-24-15-21(6-5-16(24)2)35-27(38)34-20-7-8-23(29)22(14-20)28(30,31)32/h5-9,14-15H,4,10-13H2,1-3H3,(H,36,37)(H2,34,35,38). The van der Waals surface area contributed by atoms with E-state index in [0.29, 0.717) is 30.5 Å². The predicted octanol–water partition coefficient (Wildman–Crippen LogP) is 7.95. The number of aliphatic imine (C=N–C) groups is 2. The molecular formula is C28H29ClF3N5O2. The number of carbonyl (C=O) groups excluding carboxylic acids is 1. The van der Waals surface area contributed by atoms with Gasteiger partial charge in [-0.1, -0.05) is 30.7 Å². The first kappa shape index (κ1) is 28.4. The van der Waals surface area contributed by atoms with Gasteiger partial charge in [0.05, 0.1) is 29.5 Å². The fourth-order valence-electron chi connectivity index (χ4n) is 4.28. The van der Waals surface area contributed by atoms with Gasteiger partial charge in [0, 0.05) is 29.2 Å². The molecule has 7 nitrogen and oxygen atoms in total. The molecule has 0 unspecified atom stereocenters. The van der Waals surface area contributed by atoms with Crippen molar-refractivity contribution >= 4 is 46.4 Å². The number of hydrogen-bond donors (Lipinski definition) is 3. The summed E-state index contributed by atoms with van der Waals surface area (Å²) in [7, 11) is 0. The van der Waals surface area contributed by atoms with E-state index in [2.05, 4.69) is 29.0 Å². The van der Waals surface area contributed by atoms with Crippen molar-refractivity contribution in [1.29, 1.82) is 0 Å². The van der Waals surface area contributed by atoms with Crippen LogP contribution >= 0.6 is 11.6 Å². The van der Waals surface area contributed by atoms with E-state index in [0.717, 1.165) is 53.9 Å². The molecule has 0 radical (unpaired) electrons. The van der Waals surface area contributed by atoms with Gasteiger partial charge in [-0.15, -0.1) is 0 Å². The lowest BCUT2D eigenvalue weighted by atomic mass is 9.98. The number of allylic oxidation sites excluding steroid dienone is 2. The lowest BCUT2D eigenvalue weighted by molar-refractivity contribution is -0.137. The highest BCUT2D eigenvalue weighted by molar-refractivity contribution is 6.31. The Morgan fingerprint density at radius 1 is 1.08 bits per heavy atom. The van der Waals surface area contributed by atoms with Gasteiger partial charge >= 0.3 is 12.2 Å². The third-order valence-electron chi connectivity index (χ3n) is 6.28. The minimum absolute atomic E-state index is 0.0410. The molecular weight excluding hydrogens is 531 g/mol. The summed E-state index contributed by atoms with van der Waals surface area (Å²) in [5.74, 6) is 0.434. The SMILES string of the molecule is CCC1=C(C2=CCOCC2)N=C(Nc2cc(NC(=O)Nc3ccc(Cl)c(C(F)(F)F)c3)ccc2C)N=C(C)C1.